The maximum atomic E-state index is 12.2. The van der Waals surface area contributed by atoms with Crippen LogP contribution in [-0.2, 0) is 19.1 Å². The topological polar surface area (TPSA) is 107 Å². The van der Waals surface area contributed by atoms with Crippen LogP contribution in [0.5, 0.6) is 0 Å². The number of hydrogen-bond acceptors (Lipinski definition) is 7. The Hall–Kier alpha value is -2.94. The molecular weight excluding hydrogens is 394 g/mol. The number of nitrogens with zero attached hydrogens (tertiary/aromatic N) is 1. The van der Waals surface area contributed by atoms with E-state index in [0.29, 0.717) is 5.13 Å². The molecule has 9 heteroatoms. The van der Waals surface area contributed by atoms with E-state index in [1.165, 1.54) is 18.3 Å². The minimum Gasteiger partial charge on any atom is -0.452 e. The predicted molar refractivity (Wildman–Crippen MR) is 111 cm³/mol. The van der Waals surface area contributed by atoms with Gasteiger partial charge in [-0.2, -0.15) is 0 Å². The van der Waals surface area contributed by atoms with Gasteiger partial charge in [-0.3, -0.25) is 14.9 Å². The lowest BCUT2D eigenvalue weighted by Crippen LogP contribution is -2.35. The fourth-order valence-electron chi connectivity index (χ4n) is 2.17. The monoisotopic (exact) mass is 419 g/mol. The molecule has 0 spiro atoms. The van der Waals surface area contributed by atoms with E-state index in [9.17, 15) is 14.4 Å². The third-order valence-corrected chi connectivity index (χ3v) is 4.24. The van der Waals surface area contributed by atoms with E-state index in [-0.39, 0.29) is 13.0 Å². The predicted octanol–water partition coefficient (Wildman–Crippen LogP) is 3.60. The van der Waals surface area contributed by atoms with Crippen molar-refractivity contribution in [2.24, 2.45) is 0 Å². The molecule has 1 aromatic carbocycles. The summed E-state index contributed by atoms with van der Waals surface area (Å²) in [6.07, 6.45) is -1.69. The highest BCUT2D eigenvalue weighted by Gasteiger charge is 2.20. The van der Waals surface area contributed by atoms with Gasteiger partial charge in [-0.25, -0.2) is 9.78 Å². The van der Waals surface area contributed by atoms with Gasteiger partial charge in [0.1, 0.15) is 5.60 Å². The van der Waals surface area contributed by atoms with Gasteiger partial charge in [0.05, 0.1) is 12.1 Å². The van der Waals surface area contributed by atoms with Gasteiger partial charge in [0.2, 0.25) is 0 Å². The highest BCUT2D eigenvalue weighted by Crippen LogP contribution is 2.24. The number of hydrogen-bond donors (Lipinski definition) is 2. The molecular formula is C20H25N3O5S. The standard InChI is InChI=1S/C20H25N3O5S/c1-13(27-16(24)10-11-21-19(26)28-20(2,3)4)17(25)23-18-22-15(12-29-18)14-8-6-5-7-9-14/h5-9,12-13H,10-11H2,1-4H3,(H,21,26)(H,22,23,25)/t13-/m0/s1. The van der Waals surface area contributed by atoms with Crippen LogP contribution in [0, 0.1) is 0 Å². The number of rotatable bonds is 7. The average Bonchev–Trinajstić information content (AvgIpc) is 3.09. The van der Waals surface area contributed by atoms with Gasteiger partial charge < -0.3 is 14.8 Å². The van der Waals surface area contributed by atoms with Crippen molar-refractivity contribution in [1.82, 2.24) is 10.3 Å². The molecule has 8 nitrogen and oxygen atoms in total. The number of carbonyl (C=O) groups is 3. The molecule has 0 aliphatic carbocycles. The molecule has 1 aromatic heterocycles. The van der Waals surface area contributed by atoms with Crippen molar-refractivity contribution in [1.29, 1.82) is 0 Å². The molecule has 0 fully saturated rings. The van der Waals surface area contributed by atoms with E-state index >= 15 is 0 Å². The van der Waals surface area contributed by atoms with Crippen LogP contribution in [0.4, 0.5) is 9.93 Å². The third-order valence-electron chi connectivity index (χ3n) is 3.48. The van der Waals surface area contributed by atoms with Gasteiger partial charge in [0.15, 0.2) is 11.2 Å². The van der Waals surface area contributed by atoms with Crippen LogP contribution in [0.15, 0.2) is 35.7 Å². The minimum atomic E-state index is -0.992. The average molecular weight is 420 g/mol. The van der Waals surface area contributed by atoms with Gasteiger partial charge in [0, 0.05) is 17.5 Å². The molecule has 2 amide bonds. The first-order chi connectivity index (χ1) is 13.6. The summed E-state index contributed by atoms with van der Waals surface area (Å²) in [5.41, 5.74) is 1.08. The maximum absolute atomic E-state index is 12.2. The summed E-state index contributed by atoms with van der Waals surface area (Å²) < 4.78 is 10.2. The molecule has 0 saturated heterocycles. The van der Waals surface area contributed by atoms with Crippen LogP contribution in [0.2, 0.25) is 0 Å². The van der Waals surface area contributed by atoms with Crippen LogP contribution in [0.25, 0.3) is 11.3 Å². The normalized spacial score (nSPS) is 12.0. The number of benzene rings is 1. The summed E-state index contributed by atoms with van der Waals surface area (Å²) >= 11 is 1.29. The largest absolute Gasteiger partial charge is 0.452 e. The number of esters is 1. The van der Waals surface area contributed by atoms with Crippen molar-refractivity contribution >= 4 is 34.4 Å². The van der Waals surface area contributed by atoms with Crippen LogP contribution in [0.1, 0.15) is 34.1 Å². The smallest absolute Gasteiger partial charge is 0.407 e. The van der Waals surface area contributed by atoms with Gasteiger partial charge in [-0.1, -0.05) is 30.3 Å². The summed E-state index contributed by atoms with van der Waals surface area (Å²) in [4.78, 5) is 40.0. The number of anilines is 1. The Kier molecular flexibility index (Phi) is 7.72. The first-order valence-electron chi connectivity index (χ1n) is 9.12. The molecule has 1 atom stereocenters. The molecule has 156 valence electrons. The first-order valence-corrected chi connectivity index (χ1v) is 10.00. The Morgan fingerprint density at radius 1 is 1.17 bits per heavy atom. The van der Waals surface area contributed by atoms with E-state index in [1.807, 2.05) is 35.7 Å². The molecule has 0 aliphatic heterocycles. The lowest BCUT2D eigenvalue weighted by Gasteiger charge is -2.19. The molecule has 0 aliphatic rings. The highest BCUT2D eigenvalue weighted by atomic mass is 32.1. The van der Waals surface area contributed by atoms with Crippen LogP contribution in [-0.4, -0.2) is 41.2 Å². The zero-order chi connectivity index (χ0) is 21.4. The first kappa shape index (κ1) is 22.4. The Morgan fingerprint density at radius 3 is 2.52 bits per heavy atom. The van der Waals surface area contributed by atoms with Crippen molar-refractivity contribution in [3.05, 3.63) is 35.7 Å². The van der Waals surface area contributed by atoms with Crippen LogP contribution in [0.3, 0.4) is 0 Å². The fourth-order valence-corrected chi connectivity index (χ4v) is 2.89. The second-order valence-corrected chi connectivity index (χ2v) is 8.06. The number of nitrogens with one attached hydrogen (secondary N) is 2. The summed E-state index contributed by atoms with van der Waals surface area (Å²) in [6.45, 7) is 6.75. The minimum absolute atomic E-state index is 0.0506. The molecule has 0 bridgehead atoms. The van der Waals surface area contributed by atoms with E-state index in [1.54, 1.807) is 20.8 Å². The fraction of sp³-hybridized carbons (Fsp3) is 0.400. The lowest BCUT2D eigenvalue weighted by molar-refractivity contribution is -0.153. The Morgan fingerprint density at radius 2 is 1.86 bits per heavy atom. The molecule has 0 unspecified atom stereocenters. The molecule has 1 heterocycles. The summed E-state index contributed by atoms with van der Waals surface area (Å²) in [5.74, 6) is -1.08. The van der Waals surface area contributed by atoms with Crippen molar-refractivity contribution in [3.8, 4) is 11.3 Å². The second-order valence-electron chi connectivity index (χ2n) is 7.20. The number of aromatic nitrogens is 1. The molecule has 29 heavy (non-hydrogen) atoms. The molecule has 0 radical (unpaired) electrons. The molecule has 2 N–H and O–H groups in total. The Balaban J connectivity index is 1.75. The number of carbonyl (C=O) groups excluding carboxylic acids is 3. The molecule has 2 aromatic rings. The zero-order valence-electron chi connectivity index (χ0n) is 16.9. The van der Waals surface area contributed by atoms with Crippen LogP contribution >= 0.6 is 11.3 Å². The highest BCUT2D eigenvalue weighted by molar-refractivity contribution is 7.14. The molecule has 2 rings (SSSR count). The van der Waals surface area contributed by atoms with E-state index in [2.05, 4.69) is 15.6 Å². The quantitative estimate of drug-likeness (QED) is 0.664. The van der Waals surface area contributed by atoms with Crippen molar-refractivity contribution < 1.29 is 23.9 Å². The maximum Gasteiger partial charge on any atom is 0.407 e. The van der Waals surface area contributed by atoms with Gasteiger partial charge >= 0.3 is 12.1 Å². The van der Waals surface area contributed by atoms with E-state index < -0.39 is 29.7 Å². The SMILES string of the molecule is C[C@H](OC(=O)CCNC(=O)OC(C)(C)C)C(=O)Nc1nc(-c2ccccc2)cs1. The summed E-state index contributed by atoms with van der Waals surface area (Å²) in [5, 5.41) is 7.36. The van der Waals surface area contributed by atoms with Gasteiger partial charge in [0.25, 0.3) is 5.91 Å². The number of alkyl carbamates (subject to hydrolysis) is 1. The van der Waals surface area contributed by atoms with Crippen molar-refractivity contribution in [2.45, 2.75) is 45.8 Å². The van der Waals surface area contributed by atoms with E-state index in [4.69, 9.17) is 9.47 Å². The third kappa shape index (κ3) is 7.90. The summed E-state index contributed by atoms with van der Waals surface area (Å²) in [7, 11) is 0. The number of ether oxygens (including phenoxy) is 2. The zero-order valence-corrected chi connectivity index (χ0v) is 17.7. The van der Waals surface area contributed by atoms with Crippen molar-refractivity contribution in [3.63, 3.8) is 0 Å². The molecule has 0 saturated carbocycles. The Labute approximate surface area is 173 Å². The summed E-state index contributed by atoms with van der Waals surface area (Å²) in [6, 6.07) is 9.59. The van der Waals surface area contributed by atoms with Gasteiger partial charge in [-0.15, -0.1) is 11.3 Å². The van der Waals surface area contributed by atoms with Gasteiger partial charge in [-0.05, 0) is 27.7 Å². The van der Waals surface area contributed by atoms with E-state index in [0.717, 1.165) is 11.3 Å². The number of thiazole rings is 1. The Bertz CT molecular complexity index is 845. The second kappa shape index (κ2) is 10.0. The lowest BCUT2D eigenvalue weighted by atomic mass is 10.2. The van der Waals surface area contributed by atoms with Crippen LogP contribution < -0.4 is 10.6 Å². The van der Waals surface area contributed by atoms with Crippen molar-refractivity contribution in [2.75, 3.05) is 11.9 Å². The number of amides is 2.